The van der Waals surface area contributed by atoms with Crippen LogP contribution in [0.25, 0.3) is 0 Å². The molecule has 1 saturated heterocycles. The molecule has 0 unspecified atom stereocenters. The molecule has 4 atom stereocenters. The average molecular weight is 371 g/mol. The topological polar surface area (TPSA) is 52.9 Å². The molecule has 2 aliphatic rings. The van der Waals surface area contributed by atoms with Crippen LogP contribution >= 0.6 is 0 Å². The number of benzene rings is 2. The second kappa shape index (κ2) is 7.58. The van der Waals surface area contributed by atoms with Crippen molar-refractivity contribution in [2.24, 2.45) is 11.3 Å². The zero-order valence-corrected chi connectivity index (χ0v) is 15.3. The Morgan fingerprint density at radius 2 is 1.85 bits per heavy atom. The Hall–Kier alpha value is -1.95. The third kappa shape index (κ3) is 3.47. The molecule has 27 heavy (non-hydrogen) atoms. The minimum atomic E-state index is -0.419. The Bertz CT molecular complexity index is 754. The molecule has 5 heteroatoms. The number of hydrogen-bond acceptors (Lipinski definition) is 4. The SMILES string of the molecule is OC[C@@H]1[C@@H](c2ccccc2)[C@]12CN(CCCOc1ccc(F)cc1)C[C@H]2O. The van der Waals surface area contributed by atoms with E-state index in [9.17, 15) is 14.6 Å². The molecule has 1 saturated carbocycles. The van der Waals surface area contributed by atoms with Gasteiger partial charge in [-0.05, 0) is 48.1 Å². The minimum absolute atomic E-state index is 0.109. The van der Waals surface area contributed by atoms with Crippen molar-refractivity contribution in [1.29, 1.82) is 0 Å². The molecule has 1 spiro atoms. The van der Waals surface area contributed by atoms with Crippen LogP contribution in [0, 0.1) is 17.2 Å². The van der Waals surface area contributed by atoms with Gasteiger partial charge in [0.15, 0.2) is 0 Å². The fraction of sp³-hybridized carbons (Fsp3) is 0.455. The lowest BCUT2D eigenvalue weighted by Crippen LogP contribution is -2.24. The molecular weight excluding hydrogens is 345 g/mol. The number of aliphatic hydroxyl groups excluding tert-OH is 2. The van der Waals surface area contributed by atoms with Gasteiger partial charge in [0.2, 0.25) is 0 Å². The Labute approximate surface area is 159 Å². The lowest BCUT2D eigenvalue weighted by atomic mass is 9.95. The van der Waals surface area contributed by atoms with E-state index < -0.39 is 6.10 Å². The molecule has 4 rings (SSSR count). The molecule has 1 aliphatic heterocycles. The standard InChI is InChI=1S/C22H26FNO3/c23-17-7-9-18(10-8-17)27-12-4-11-24-13-20(26)22(15-24)19(14-25)21(22)16-5-2-1-3-6-16/h1-3,5-10,19-21,25-26H,4,11-15H2/t19-,20-,21-,22-/m1/s1. The fourth-order valence-corrected chi connectivity index (χ4v) is 4.84. The summed E-state index contributed by atoms with van der Waals surface area (Å²) in [6.45, 7) is 2.93. The van der Waals surface area contributed by atoms with E-state index in [0.717, 1.165) is 19.5 Å². The average Bonchev–Trinajstić information content (AvgIpc) is 3.23. The van der Waals surface area contributed by atoms with Crippen molar-refractivity contribution in [2.75, 3.05) is 32.8 Å². The molecule has 0 amide bonds. The van der Waals surface area contributed by atoms with Gasteiger partial charge >= 0.3 is 0 Å². The van der Waals surface area contributed by atoms with Crippen molar-refractivity contribution in [3.63, 3.8) is 0 Å². The first-order valence-electron chi connectivity index (χ1n) is 9.60. The van der Waals surface area contributed by atoms with Gasteiger partial charge in [-0.25, -0.2) is 4.39 Å². The summed E-state index contributed by atoms with van der Waals surface area (Å²) in [7, 11) is 0. The highest BCUT2D eigenvalue weighted by molar-refractivity contribution is 5.36. The number of likely N-dealkylation sites (tertiary alicyclic amines) is 1. The van der Waals surface area contributed by atoms with Gasteiger partial charge in [0.05, 0.1) is 12.7 Å². The summed E-state index contributed by atoms with van der Waals surface area (Å²) in [5.41, 5.74) is 0.977. The van der Waals surface area contributed by atoms with Crippen molar-refractivity contribution < 1.29 is 19.3 Å². The van der Waals surface area contributed by atoms with Crippen LogP contribution in [0.3, 0.4) is 0 Å². The number of β-amino-alcohol motifs (C(OH)–C–C–N with tert-alkyl or cyclic N) is 1. The van der Waals surface area contributed by atoms with Crippen LogP contribution in [0.5, 0.6) is 5.75 Å². The van der Waals surface area contributed by atoms with E-state index in [2.05, 4.69) is 17.0 Å². The van der Waals surface area contributed by atoms with E-state index in [0.29, 0.717) is 18.9 Å². The van der Waals surface area contributed by atoms with E-state index in [1.54, 1.807) is 12.1 Å². The number of nitrogens with zero attached hydrogens (tertiary/aromatic N) is 1. The van der Waals surface area contributed by atoms with E-state index in [1.165, 1.54) is 17.7 Å². The minimum Gasteiger partial charge on any atom is -0.494 e. The highest BCUT2D eigenvalue weighted by Crippen LogP contribution is 2.68. The number of ether oxygens (including phenoxy) is 1. The summed E-state index contributed by atoms with van der Waals surface area (Å²) in [4.78, 5) is 2.27. The van der Waals surface area contributed by atoms with E-state index >= 15 is 0 Å². The highest BCUT2D eigenvalue weighted by atomic mass is 19.1. The lowest BCUT2D eigenvalue weighted by molar-refractivity contribution is 0.111. The van der Waals surface area contributed by atoms with Gasteiger partial charge in [0, 0.05) is 31.7 Å². The van der Waals surface area contributed by atoms with Crippen LogP contribution in [0.2, 0.25) is 0 Å². The maximum atomic E-state index is 12.9. The van der Waals surface area contributed by atoms with E-state index in [4.69, 9.17) is 4.74 Å². The molecule has 2 aromatic carbocycles. The van der Waals surface area contributed by atoms with Crippen molar-refractivity contribution >= 4 is 0 Å². The molecular formula is C22H26FNO3. The third-order valence-corrected chi connectivity index (χ3v) is 6.17. The molecule has 1 aliphatic carbocycles. The van der Waals surface area contributed by atoms with Crippen molar-refractivity contribution in [2.45, 2.75) is 18.4 Å². The van der Waals surface area contributed by atoms with Gasteiger partial charge in [0.25, 0.3) is 0 Å². The first-order chi connectivity index (χ1) is 13.1. The Kier molecular flexibility index (Phi) is 5.17. The van der Waals surface area contributed by atoms with Gasteiger partial charge in [-0.15, -0.1) is 0 Å². The van der Waals surface area contributed by atoms with Gasteiger partial charge in [-0.2, -0.15) is 0 Å². The van der Waals surface area contributed by atoms with Crippen LogP contribution in [0.4, 0.5) is 4.39 Å². The van der Waals surface area contributed by atoms with Crippen LogP contribution in [-0.2, 0) is 0 Å². The maximum Gasteiger partial charge on any atom is 0.123 e. The van der Waals surface area contributed by atoms with Gasteiger partial charge in [-0.1, -0.05) is 30.3 Å². The van der Waals surface area contributed by atoms with Gasteiger partial charge in [0.1, 0.15) is 11.6 Å². The summed E-state index contributed by atoms with van der Waals surface area (Å²) < 4.78 is 18.6. The fourth-order valence-electron chi connectivity index (χ4n) is 4.84. The highest BCUT2D eigenvalue weighted by Gasteiger charge is 2.70. The molecule has 4 nitrogen and oxygen atoms in total. The van der Waals surface area contributed by atoms with Crippen LogP contribution in [0.1, 0.15) is 17.9 Å². The lowest BCUT2D eigenvalue weighted by Gasteiger charge is -2.16. The van der Waals surface area contributed by atoms with Crippen LogP contribution in [-0.4, -0.2) is 54.1 Å². The summed E-state index contributed by atoms with van der Waals surface area (Å²) >= 11 is 0. The molecule has 2 fully saturated rings. The molecule has 1 heterocycles. The monoisotopic (exact) mass is 371 g/mol. The zero-order valence-electron chi connectivity index (χ0n) is 15.3. The van der Waals surface area contributed by atoms with Crippen molar-refractivity contribution in [3.05, 3.63) is 66.0 Å². The molecule has 0 aromatic heterocycles. The van der Waals surface area contributed by atoms with Gasteiger partial charge < -0.3 is 14.9 Å². The summed E-state index contributed by atoms with van der Waals surface area (Å²) in [6.07, 6.45) is 0.415. The number of halogens is 1. The Morgan fingerprint density at radius 3 is 2.56 bits per heavy atom. The number of aliphatic hydroxyl groups is 2. The summed E-state index contributed by atoms with van der Waals surface area (Å²) in [5, 5.41) is 20.6. The van der Waals surface area contributed by atoms with E-state index in [-0.39, 0.29) is 29.7 Å². The van der Waals surface area contributed by atoms with Crippen LogP contribution in [0.15, 0.2) is 54.6 Å². The second-order valence-corrected chi connectivity index (χ2v) is 7.70. The van der Waals surface area contributed by atoms with E-state index in [1.807, 2.05) is 18.2 Å². The third-order valence-electron chi connectivity index (χ3n) is 6.17. The predicted molar refractivity (Wildman–Crippen MR) is 101 cm³/mol. The Morgan fingerprint density at radius 1 is 1.11 bits per heavy atom. The van der Waals surface area contributed by atoms with Crippen molar-refractivity contribution in [3.8, 4) is 5.75 Å². The first kappa shape index (κ1) is 18.4. The zero-order chi connectivity index (χ0) is 18.9. The molecule has 144 valence electrons. The largest absolute Gasteiger partial charge is 0.494 e. The molecule has 2 N–H and O–H groups in total. The second-order valence-electron chi connectivity index (χ2n) is 7.70. The number of hydrogen-bond donors (Lipinski definition) is 2. The quantitative estimate of drug-likeness (QED) is 0.735. The normalized spacial score (nSPS) is 30.0. The number of rotatable bonds is 7. The molecule has 0 bridgehead atoms. The Balaban J connectivity index is 1.31. The smallest absolute Gasteiger partial charge is 0.123 e. The maximum absolute atomic E-state index is 12.9. The van der Waals surface area contributed by atoms with Crippen molar-refractivity contribution in [1.82, 2.24) is 4.90 Å². The summed E-state index contributed by atoms with van der Waals surface area (Å²) in [5.74, 6) is 0.741. The molecule has 2 aromatic rings. The van der Waals surface area contributed by atoms with Crippen LogP contribution < -0.4 is 4.74 Å². The predicted octanol–water partition coefficient (Wildman–Crippen LogP) is 2.66. The van der Waals surface area contributed by atoms with Gasteiger partial charge in [-0.3, -0.25) is 4.90 Å². The first-order valence-corrected chi connectivity index (χ1v) is 9.60. The molecule has 0 radical (unpaired) electrons. The summed E-state index contributed by atoms with van der Waals surface area (Å²) in [6, 6.07) is 16.2.